The van der Waals surface area contributed by atoms with Gasteiger partial charge in [-0.2, -0.15) is 10.2 Å². The molecule has 0 N–H and O–H groups in total. The Balaban J connectivity index is 1.49. The van der Waals surface area contributed by atoms with Crippen molar-refractivity contribution in [1.82, 2.24) is 34.0 Å². The van der Waals surface area contributed by atoms with E-state index in [9.17, 15) is 4.79 Å². The van der Waals surface area contributed by atoms with Gasteiger partial charge in [0.05, 0.1) is 6.54 Å². The van der Waals surface area contributed by atoms with Gasteiger partial charge in [-0.25, -0.2) is 4.98 Å². The number of aromatic nitrogens is 6. The fourth-order valence-corrected chi connectivity index (χ4v) is 4.36. The molecule has 0 saturated heterocycles. The molecule has 1 saturated carbocycles. The van der Waals surface area contributed by atoms with Crippen LogP contribution in [-0.2, 0) is 32.6 Å². The molecular weight excluding hydrogens is 378 g/mol. The summed E-state index contributed by atoms with van der Waals surface area (Å²) in [7, 11) is 0. The summed E-state index contributed by atoms with van der Waals surface area (Å²) < 4.78 is 6.19. The number of carbonyl (C=O) groups excluding carboxylic acids is 1. The third-order valence-corrected chi connectivity index (χ3v) is 6.31. The lowest BCUT2D eigenvalue weighted by Crippen LogP contribution is -2.36. The van der Waals surface area contributed by atoms with Crippen molar-refractivity contribution < 1.29 is 4.79 Å². The second-order valence-electron chi connectivity index (χ2n) is 8.40. The van der Waals surface area contributed by atoms with E-state index < -0.39 is 0 Å². The summed E-state index contributed by atoms with van der Waals surface area (Å²) in [6.07, 6.45) is 7.20. The maximum Gasteiger partial charge on any atom is 0.274 e. The Bertz CT molecular complexity index is 1090. The van der Waals surface area contributed by atoms with E-state index >= 15 is 0 Å². The number of hydrogen-bond donors (Lipinski definition) is 0. The molecule has 0 aromatic carbocycles. The van der Waals surface area contributed by atoms with Crippen molar-refractivity contribution in [2.75, 3.05) is 6.54 Å². The van der Waals surface area contributed by atoms with Crippen molar-refractivity contribution >= 4 is 5.91 Å². The highest BCUT2D eigenvalue weighted by Gasteiger charge is 2.31. The molecule has 0 spiro atoms. The van der Waals surface area contributed by atoms with Gasteiger partial charge in [-0.05, 0) is 45.6 Å². The third-order valence-electron chi connectivity index (χ3n) is 6.31. The SMILES string of the molecule is CCn1ccc(C(=O)N2CCc3c(c(-c4ncc(C)n4CC4CC4)nn3CC)C2)n1. The zero-order valence-electron chi connectivity index (χ0n) is 18.0. The minimum atomic E-state index is -0.0134. The highest BCUT2D eigenvalue weighted by Crippen LogP contribution is 2.35. The molecule has 0 bridgehead atoms. The molecule has 8 heteroatoms. The Kier molecular flexibility index (Phi) is 4.72. The zero-order chi connectivity index (χ0) is 20.8. The van der Waals surface area contributed by atoms with E-state index in [1.165, 1.54) is 24.2 Å². The van der Waals surface area contributed by atoms with Crippen molar-refractivity contribution in [1.29, 1.82) is 0 Å². The lowest BCUT2D eigenvalue weighted by atomic mass is 10.0. The Labute approximate surface area is 176 Å². The van der Waals surface area contributed by atoms with Crippen molar-refractivity contribution in [2.45, 2.75) is 66.2 Å². The second-order valence-corrected chi connectivity index (χ2v) is 8.40. The number of fused-ring (bicyclic) bond motifs is 1. The first-order valence-corrected chi connectivity index (χ1v) is 11.0. The molecule has 1 amide bonds. The van der Waals surface area contributed by atoms with Crippen LogP contribution in [0.15, 0.2) is 18.5 Å². The van der Waals surface area contributed by atoms with Crippen molar-refractivity contribution in [3.05, 3.63) is 41.1 Å². The van der Waals surface area contributed by atoms with Gasteiger partial charge >= 0.3 is 0 Å². The summed E-state index contributed by atoms with van der Waals surface area (Å²) >= 11 is 0. The quantitative estimate of drug-likeness (QED) is 0.630. The monoisotopic (exact) mass is 407 g/mol. The number of aryl methyl sites for hydroxylation is 3. The van der Waals surface area contributed by atoms with Gasteiger partial charge in [0.25, 0.3) is 5.91 Å². The summed E-state index contributed by atoms with van der Waals surface area (Å²) in [6.45, 7) is 10.1. The highest BCUT2D eigenvalue weighted by atomic mass is 16.2. The first-order valence-electron chi connectivity index (χ1n) is 11.0. The molecule has 3 aromatic heterocycles. The van der Waals surface area contributed by atoms with Gasteiger partial charge in [-0.3, -0.25) is 14.2 Å². The van der Waals surface area contributed by atoms with E-state index in [0.29, 0.717) is 18.8 Å². The van der Waals surface area contributed by atoms with Crippen molar-refractivity contribution in [3.8, 4) is 11.5 Å². The predicted octanol–water partition coefficient (Wildman–Crippen LogP) is 2.90. The smallest absolute Gasteiger partial charge is 0.274 e. The van der Waals surface area contributed by atoms with Gasteiger partial charge in [-0.1, -0.05) is 0 Å². The van der Waals surface area contributed by atoms with Crippen LogP contribution in [0, 0.1) is 12.8 Å². The molecule has 1 aliphatic carbocycles. The van der Waals surface area contributed by atoms with E-state index in [1.54, 1.807) is 4.68 Å². The number of hydrogen-bond acceptors (Lipinski definition) is 4. The molecule has 1 fully saturated rings. The first-order chi connectivity index (χ1) is 14.6. The molecule has 4 heterocycles. The largest absolute Gasteiger partial charge is 0.332 e. The molecule has 0 unspecified atom stereocenters. The molecule has 0 radical (unpaired) electrons. The van der Waals surface area contributed by atoms with Crippen LogP contribution in [0.25, 0.3) is 11.5 Å². The van der Waals surface area contributed by atoms with Crippen LogP contribution in [-0.4, -0.2) is 46.5 Å². The van der Waals surface area contributed by atoms with E-state index in [-0.39, 0.29) is 5.91 Å². The highest BCUT2D eigenvalue weighted by molar-refractivity contribution is 5.92. The molecule has 3 aromatic rings. The lowest BCUT2D eigenvalue weighted by molar-refractivity contribution is 0.0726. The molecule has 2 aliphatic rings. The standard InChI is InChI=1S/C22H29N7O/c1-4-27-11-8-18(24-27)22(30)26-10-9-19-17(14-26)20(25-29(19)5-2)21-23-12-15(3)28(21)13-16-6-7-16/h8,11-12,16H,4-7,9-10,13-14H2,1-3H3. The summed E-state index contributed by atoms with van der Waals surface area (Å²) in [4.78, 5) is 19.7. The lowest BCUT2D eigenvalue weighted by Gasteiger charge is -2.27. The van der Waals surface area contributed by atoms with Crippen LogP contribution in [0.4, 0.5) is 0 Å². The van der Waals surface area contributed by atoms with E-state index in [1.807, 2.05) is 30.3 Å². The van der Waals surface area contributed by atoms with Crippen LogP contribution in [0.1, 0.15) is 54.1 Å². The summed E-state index contributed by atoms with van der Waals surface area (Å²) in [5.74, 6) is 1.68. The van der Waals surface area contributed by atoms with Gasteiger partial charge in [0, 0.05) is 61.9 Å². The minimum Gasteiger partial charge on any atom is -0.332 e. The molecule has 5 rings (SSSR count). The maximum absolute atomic E-state index is 13.1. The van der Waals surface area contributed by atoms with E-state index in [2.05, 4.69) is 28.2 Å². The van der Waals surface area contributed by atoms with Crippen LogP contribution in [0.2, 0.25) is 0 Å². The fourth-order valence-electron chi connectivity index (χ4n) is 4.36. The van der Waals surface area contributed by atoms with Gasteiger partial charge in [0.2, 0.25) is 0 Å². The van der Waals surface area contributed by atoms with Gasteiger partial charge in [0.1, 0.15) is 11.4 Å². The minimum absolute atomic E-state index is 0.0134. The molecule has 30 heavy (non-hydrogen) atoms. The number of carbonyl (C=O) groups is 1. The number of amides is 1. The number of nitrogens with zero attached hydrogens (tertiary/aromatic N) is 7. The average molecular weight is 408 g/mol. The van der Waals surface area contributed by atoms with Crippen LogP contribution < -0.4 is 0 Å². The molecular formula is C22H29N7O. The van der Waals surface area contributed by atoms with E-state index in [0.717, 1.165) is 49.1 Å². The van der Waals surface area contributed by atoms with Crippen LogP contribution in [0.5, 0.6) is 0 Å². The fraction of sp³-hybridized carbons (Fsp3) is 0.545. The topological polar surface area (TPSA) is 73.8 Å². The molecule has 158 valence electrons. The number of rotatable bonds is 6. The number of imidazole rings is 1. The normalized spacial score (nSPS) is 16.2. The molecule has 8 nitrogen and oxygen atoms in total. The maximum atomic E-state index is 13.1. The first kappa shape index (κ1) is 19.1. The Morgan fingerprint density at radius 1 is 1.20 bits per heavy atom. The summed E-state index contributed by atoms with van der Waals surface area (Å²) in [6, 6.07) is 1.81. The Morgan fingerprint density at radius 2 is 2.03 bits per heavy atom. The summed E-state index contributed by atoms with van der Waals surface area (Å²) in [5, 5.41) is 9.35. The van der Waals surface area contributed by atoms with Crippen molar-refractivity contribution in [2.24, 2.45) is 5.92 Å². The Morgan fingerprint density at radius 3 is 2.73 bits per heavy atom. The van der Waals surface area contributed by atoms with Gasteiger partial charge in [0.15, 0.2) is 5.82 Å². The van der Waals surface area contributed by atoms with Crippen molar-refractivity contribution in [3.63, 3.8) is 0 Å². The van der Waals surface area contributed by atoms with Crippen LogP contribution in [0.3, 0.4) is 0 Å². The average Bonchev–Trinajstić information content (AvgIpc) is 3.17. The predicted molar refractivity (Wildman–Crippen MR) is 113 cm³/mol. The van der Waals surface area contributed by atoms with Gasteiger partial charge < -0.3 is 9.47 Å². The Hall–Kier alpha value is -2.90. The molecule has 0 atom stereocenters. The van der Waals surface area contributed by atoms with Crippen LogP contribution >= 0.6 is 0 Å². The molecule has 1 aliphatic heterocycles. The van der Waals surface area contributed by atoms with Gasteiger partial charge in [-0.15, -0.1) is 0 Å². The van der Waals surface area contributed by atoms with E-state index in [4.69, 9.17) is 10.1 Å². The summed E-state index contributed by atoms with van der Waals surface area (Å²) in [5.41, 5.74) is 4.97. The third kappa shape index (κ3) is 3.24. The second kappa shape index (κ2) is 7.41. The zero-order valence-corrected chi connectivity index (χ0v) is 18.0.